The van der Waals surface area contributed by atoms with Crippen molar-refractivity contribution in [2.24, 2.45) is 0 Å². The Kier molecular flexibility index (Phi) is 7.41. The molecule has 4 aromatic heterocycles. The fourth-order valence-electron chi connectivity index (χ4n) is 9.23. The summed E-state index contributed by atoms with van der Waals surface area (Å²) >= 11 is 1.78. The highest BCUT2D eigenvalue weighted by molar-refractivity contribution is 7.26. The van der Waals surface area contributed by atoms with Crippen LogP contribution in [0.3, 0.4) is 0 Å². The van der Waals surface area contributed by atoms with E-state index in [0.29, 0.717) is 17.5 Å². The van der Waals surface area contributed by atoms with Gasteiger partial charge in [0.25, 0.3) is 0 Å². The zero-order valence-electron chi connectivity index (χ0n) is 32.6. The van der Waals surface area contributed by atoms with Gasteiger partial charge in [0.05, 0.1) is 16.7 Å². The minimum absolute atomic E-state index is 0.583. The van der Waals surface area contributed by atoms with E-state index in [-0.39, 0.29) is 0 Å². The third-order valence-corrected chi connectivity index (χ3v) is 13.3. The maximum Gasteiger partial charge on any atom is 0.165 e. The van der Waals surface area contributed by atoms with Crippen molar-refractivity contribution in [2.75, 3.05) is 0 Å². The predicted octanol–water partition coefficient (Wildman–Crippen LogP) is 15.1. The lowest BCUT2D eigenvalue weighted by molar-refractivity contribution is 0.666. The Hall–Kier alpha value is -7.93. The van der Waals surface area contributed by atoms with Crippen molar-refractivity contribution in [1.29, 1.82) is 0 Å². The maximum atomic E-state index is 6.95. The number of rotatable bonds is 5. The van der Waals surface area contributed by atoms with Crippen molar-refractivity contribution >= 4 is 86.0 Å². The fraction of sp³-hybridized carbons (Fsp3) is 0. The molecular weight excluding hydrogens is 765 g/mol. The number of para-hydroxylation sites is 2. The Bertz CT molecular complexity index is 3900. The Morgan fingerprint density at radius 1 is 0.410 bits per heavy atom. The largest absolute Gasteiger partial charge is 0.454 e. The van der Waals surface area contributed by atoms with E-state index >= 15 is 0 Å². The lowest BCUT2D eigenvalue weighted by atomic mass is 10.0. The monoisotopic (exact) mass is 796 g/mol. The van der Waals surface area contributed by atoms with Gasteiger partial charge in [-0.05, 0) is 76.5 Å². The minimum atomic E-state index is 0.583. The molecule has 0 amide bonds. The molecule has 0 spiro atoms. The van der Waals surface area contributed by atoms with Crippen LogP contribution in [0.25, 0.3) is 126 Å². The van der Waals surface area contributed by atoms with Crippen LogP contribution in [0.5, 0.6) is 0 Å². The van der Waals surface area contributed by atoms with Crippen LogP contribution in [0.1, 0.15) is 0 Å². The van der Waals surface area contributed by atoms with Gasteiger partial charge in [-0.1, -0.05) is 140 Å². The van der Waals surface area contributed by atoms with Crippen molar-refractivity contribution < 1.29 is 4.42 Å². The van der Waals surface area contributed by atoms with Gasteiger partial charge < -0.3 is 8.98 Å². The number of furan rings is 1. The molecule has 0 saturated heterocycles. The molecule has 61 heavy (non-hydrogen) atoms. The van der Waals surface area contributed by atoms with Gasteiger partial charge in [-0.25, -0.2) is 15.0 Å². The van der Waals surface area contributed by atoms with Gasteiger partial charge in [-0.2, -0.15) is 0 Å². The van der Waals surface area contributed by atoms with Crippen molar-refractivity contribution in [2.45, 2.75) is 0 Å². The molecule has 0 atom stereocenters. The number of benzene rings is 9. The molecule has 0 unspecified atom stereocenters. The lowest BCUT2D eigenvalue weighted by Crippen LogP contribution is -2.01. The molecule has 5 nitrogen and oxygen atoms in total. The number of nitrogens with zero attached hydrogens (tertiary/aromatic N) is 4. The zero-order chi connectivity index (χ0) is 40.0. The van der Waals surface area contributed by atoms with Crippen molar-refractivity contribution in [3.8, 4) is 51.0 Å². The molecule has 9 aromatic carbocycles. The van der Waals surface area contributed by atoms with Crippen molar-refractivity contribution in [3.63, 3.8) is 0 Å². The Morgan fingerprint density at radius 2 is 1.07 bits per heavy atom. The van der Waals surface area contributed by atoms with Gasteiger partial charge >= 0.3 is 0 Å². The number of fused-ring (bicyclic) bond motifs is 10. The van der Waals surface area contributed by atoms with Gasteiger partial charge in [0.15, 0.2) is 23.1 Å². The van der Waals surface area contributed by atoms with E-state index in [9.17, 15) is 0 Å². The number of thiophene rings is 1. The molecule has 13 rings (SSSR count). The smallest absolute Gasteiger partial charge is 0.165 e. The first-order chi connectivity index (χ1) is 30.2. The van der Waals surface area contributed by atoms with Crippen LogP contribution in [0.2, 0.25) is 0 Å². The molecular formula is C55H32N4OS. The highest BCUT2D eigenvalue weighted by Gasteiger charge is 2.24. The second kappa shape index (κ2) is 13.3. The second-order valence-electron chi connectivity index (χ2n) is 15.5. The fourth-order valence-corrected chi connectivity index (χ4v) is 10.4. The topological polar surface area (TPSA) is 56.7 Å². The van der Waals surface area contributed by atoms with Crippen LogP contribution in [0.4, 0.5) is 0 Å². The summed E-state index contributed by atoms with van der Waals surface area (Å²) in [6.45, 7) is 0. The molecule has 0 aliphatic rings. The molecule has 6 heteroatoms. The molecule has 0 fully saturated rings. The molecule has 0 saturated carbocycles. The van der Waals surface area contributed by atoms with Crippen molar-refractivity contribution in [3.05, 3.63) is 194 Å². The quantitative estimate of drug-likeness (QED) is 0.174. The minimum Gasteiger partial charge on any atom is -0.454 e. The van der Waals surface area contributed by atoms with E-state index in [0.717, 1.165) is 71.2 Å². The highest BCUT2D eigenvalue weighted by Crippen LogP contribution is 2.44. The van der Waals surface area contributed by atoms with Crippen LogP contribution in [-0.2, 0) is 0 Å². The summed E-state index contributed by atoms with van der Waals surface area (Å²) in [5.74, 6) is 1.82. The van der Waals surface area contributed by atoms with E-state index in [1.807, 2.05) is 18.2 Å². The SMILES string of the molecule is c1ccc(-c2cccc(-c3nc(-c4cccc5c4sc4ccccc45)nc(-c4ccc(-n5c6ccccc6c6cc7ccccc7cc65)c5oc6ccccc6c45)n3)c2)cc1. The number of hydrogen-bond acceptors (Lipinski definition) is 5. The highest BCUT2D eigenvalue weighted by atomic mass is 32.1. The molecule has 284 valence electrons. The first-order valence-corrected chi connectivity index (χ1v) is 21.2. The summed E-state index contributed by atoms with van der Waals surface area (Å²) in [7, 11) is 0. The van der Waals surface area contributed by atoms with E-state index < -0.39 is 0 Å². The number of hydrogen-bond donors (Lipinski definition) is 0. The first-order valence-electron chi connectivity index (χ1n) is 20.4. The summed E-state index contributed by atoms with van der Waals surface area (Å²) in [4.78, 5) is 16.0. The Labute approximate surface area is 353 Å². The lowest BCUT2D eigenvalue weighted by Gasteiger charge is -2.13. The molecule has 0 aliphatic carbocycles. The molecule has 13 aromatic rings. The van der Waals surface area contributed by atoms with Crippen LogP contribution in [0, 0.1) is 0 Å². The van der Waals surface area contributed by atoms with Gasteiger partial charge in [-0.15, -0.1) is 11.3 Å². The first kappa shape index (κ1) is 34.0. The third kappa shape index (κ3) is 5.29. The van der Waals surface area contributed by atoms with Crippen LogP contribution < -0.4 is 0 Å². The van der Waals surface area contributed by atoms with E-state index in [1.54, 1.807) is 11.3 Å². The second-order valence-corrected chi connectivity index (χ2v) is 16.6. The average molecular weight is 797 g/mol. The summed E-state index contributed by atoms with van der Waals surface area (Å²) < 4.78 is 11.7. The van der Waals surface area contributed by atoms with Crippen LogP contribution in [0.15, 0.2) is 199 Å². The maximum absolute atomic E-state index is 6.95. The molecule has 0 bridgehead atoms. The van der Waals surface area contributed by atoms with Gasteiger partial charge in [0.2, 0.25) is 0 Å². The summed E-state index contributed by atoms with van der Waals surface area (Å²) in [5, 5.41) is 9.17. The molecule has 0 aliphatic heterocycles. The predicted molar refractivity (Wildman–Crippen MR) is 254 cm³/mol. The molecule has 0 N–H and O–H groups in total. The standard InChI is InChI=1S/C55H32N4OS/c1-2-14-33(15-3-1)34-18-12-19-37(30-34)53-56-54(58-55(57-53)43-24-13-23-40-39-21-8-11-27-49(39)61-52(40)43)42-28-29-46(51-50(42)41-22-7-10-26-48(41)60-51)59-45-25-9-6-20-38(45)44-31-35-16-4-5-17-36(35)32-47(44)59/h1-32H. The normalized spacial score (nSPS) is 11.9. The van der Waals surface area contributed by atoms with E-state index in [2.05, 4.69) is 180 Å². The summed E-state index contributed by atoms with van der Waals surface area (Å²) in [6, 6.07) is 68.4. The van der Waals surface area contributed by atoms with Crippen molar-refractivity contribution in [1.82, 2.24) is 19.5 Å². The summed E-state index contributed by atoms with van der Waals surface area (Å²) in [6.07, 6.45) is 0. The van der Waals surface area contributed by atoms with E-state index in [1.165, 1.54) is 37.0 Å². The molecule has 0 radical (unpaired) electrons. The summed E-state index contributed by atoms with van der Waals surface area (Å²) in [5.41, 5.74) is 9.76. The number of aromatic nitrogens is 4. The zero-order valence-corrected chi connectivity index (χ0v) is 33.4. The van der Waals surface area contributed by atoms with Crippen LogP contribution >= 0.6 is 11.3 Å². The Morgan fingerprint density at radius 3 is 1.95 bits per heavy atom. The van der Waals surface area contributed by atoms with Gasteiger partial charge in [0.1, 0.15) is 5.58 Å². The average Bonchev–Trinajstić information content (AvgIpc) is 4.01. The van der Waals surface area contributed by atoms with Crippen LogP contribution in [-0.4, -0.2) is 19.5 Å². The van der Waals surface area contributed by atoms with Gasteiger partial charge in [0, 0.05) is 58.4 Å². The van der Waals surface area contributed by atoms with E-state index in [4.69, 9.17) is 19.4 Å². The third-order valence-electron chi connectivity index (χ3n) is 12.0. The molecule has 4 heterocycles. The van der Waals surface area contributed by atoms with Gasteiger partial charge in [-0.3, -0.25) is 0 Å². The Balaban J connectivity index is 1.10.